The molecule has 1 aliphatic heterocycles. The van der Waals surface area contributed by atoms with Crippen LogP contribution in [-0.2, 0) is 42.7 Å². The monoisotopic (exact) mass is 1100 g/mol. The molecular formula is C64H64N4OPt. The van der Waals surface area contributed by atoms with E-state index < -0.39 is 0 Å². The molecule has 0 amide bonds. The summed E-state index contributed by atoms with van der Waals surface area (Å²) in [5, 5.41) is 2.23. The number of hydrogen-bond acceptors (Lipinski definition) is 4. The summed E-state index contributed by atoms with van der Waals surface area (Å²) in [5.41, 5.74) is 14.1. The number of rotatable bonds is 8. The number of ether oxygens (including phenoxy) is 1. The molecule has 9 aromatic rings. The number of benzene rings is 7. The van der Waals surface area contributed by atoms with Crippen molar-refractivity contribution in [2.24, 2.45) is 0 Å². The van der Waals surface area contributed by atoms with Gasteiger partial charge in [-0.3, -0.25) is 0 Å². The Morgan fingerprint density at radius 2 is 1.14 bits per heavy atom. The zero-order valence-electron chi connectivity index (χ0n) is 42.7. The molecule has 356 valence electrons. The van der Waals surface area contributed by atoms with E-state index >= 15 is 0 Å². The van der Waals surface area contributed by atoms with Crippen molar-refractivity contribution >= 4 is 44.6 Å². The Kier molecular flexibility index (Phi) is 13.4. The zero-order chi connectivity index (χ0) is 47.8. The van der Waals surface area contributed by atoms with Crippen molar-refractivity contribution in [2.45, 2.75) is 97.8 Å². The maximum Gasteiger partial charge on any atom is 4.00 e. The molecule has 5 nitrogen and oxygen atoms in total. The maximum atomic E-state index is 6.93. The number of aromatic nitrogens is 2. The van der Waals surface area contributed by atoms with Crippen LogP contribution in [0.4, 0.5) is 22.7 Å². The van der Waals surface area contributed by atoms with Crippen molar-refractivity contribution in [3.05, 3.63) is 218 Å². The van der Waals surface area contributed by atoms with Crippen LogP contribution in [-0.4, -0.2) is 9.55 Å². The average molecular weight is 1100 g/mol. The second kappa shape index (κ2) is 18.7. The minimum absolute atomic E-state index is 0. The molecule has 0 saturated carbocycles. The van der Waals surface area contributed by atoms with E-state index in [1.54, 1.807) is 0 Å². The first-order valence-electron chi connectivity index (χ1n) is 23.9. The molecule has 0 spiro atoms. The van der Waals surface area contributed by atoms with Gasteiger partial charge >= 0.3 is 21.1 Å². The van der Waals surface area contributed by atoms with Gasteiger partial charge in [0.15, 0.2) is 0 Å². The molecule has 0 atom stereocenters. The van der Waals surface area contributed by atoms with Crippen LogP contribution in [0.2, 0.25) is 0 Å². The third kappa shape index (κ3) is 9.46. The van der Waals surface area contributed by atoms with Gasteiger partial charge in [0.2, 0.25) is 0 Å². The molecule has 0 saturated heterocycles. The fourth-order valence-electron chi connectivity index (χ4n) is 9.40. The number of pyridine rings is 1. The van der Waals surface area contributed by atoms with Gasteiger partial charge in [0.1, 0.15) is 5.82 Å². The summed E-state index contributed by atoms with van der Waals surface area (Å²) in [6, 6.07) is 64.4. The SMILES string of the molecule is CC(C)(C)c1cc(Oc2[c-]c3c(cc2)c2ccccc2n3-c2cc(C(C)(C)C)ccn2)[c-]c(N2[CH-]N(c3cc(-c4ccccc4)cc(C(C)(C)c4ccccc4)c3)c3ccc(C(C)(C)C)cc32)c1.[CH3-].[Pt+4]. The first kappa shape index (κ1) is 50.0. The largest absolute Gasteiger partial charge is 4.00 e. The van der Waals surface area contributed by atoms with Gasteiger partial charge in [-0.25, -0.2) is 4.98 Å². The van der Waals surface area contributed by atoms with Crippen molar-refractivity contribution in [1.82, 2.24) is 9.55 Å². The van der Waals surface area contributed by atoms with Crippen LogP contribution in [0.1, 0.15) is 104 Å². The van der Waals surface area contributed by atoms with E-state index in [4.69, 9.17) is 9.72 Å². The summed E-state index contributed by atoms with van der Waals surface area (Å²) >= 11 is 0. The first-order chi connectivity index (χ1) is 32.3. The van der Waals surface area contributed by atoms with Crippen LogP contribution < -0.4 is 14.5 Å². The molecule has 6 heteroatoms. The van der Waals surface area contributed by atoms with Crippen LogP contribution in [0.3, 0.4) is 0 Å². The molecule has 7 aromatic carbocycles. The molecule has 0 fully saturated rings. The topological polar surface area (TPSA) is 33.5 Å². The summed E-state index contributed by atoms with van der Waals surface area (Å²) in [5.74, 6) is 2.08. The van der Waals surface area contributed by atoms with E-state index in [1.807, 2.05) is 12.3 Å². The molecule has 0 unspecified atom stereocenters. The van der Waals surface area contributed by atoms with Crippen LogP contribution in [0.5, 0.6) is 11.5 Å². The van der Waals surface area contributed by atoms with Crippen molar-refractivity contribution < 1.29 is 25.8 Å². The number of hydrogen-bond donors (Lipinski definition) is 0. The standard InChI is InChI=1S/C63H61N4O.CH3.Pt/c1-60(2,3)45-26-29-56-58(37-45)66(41-65(56)49-33-43(42-20-14-12-15-21-42)32-48(35-49)63(10,11)44-22-16-13-17-23-44)50-34-47(62(7,8)9)36-52(39-50)68-51-27-28-54-53-24-18-19-25-55(53)67(57(54)40-51)59-38-46(30-31-64-59)61(4,5)6;;/h12-38,41H,1-11H3;1H3;/q-3;-1;+4. The molecule has 0 N–H and O–H groups in total. The summed E-state index contributed by atoms with van der Waals surface area (Å²) in [7, 11) is 0. The first-order valence-corrected chi connectivity index (χ1v) is 23.9. The Hall–Kier alpha value is -6.42. The van der Waals surface area contributed by atoms with E-state index in [0.717, 1.165) is 55.9 Å². The maximum absolute atomic E-state index is 6.93. The number of nitrogens with zero attached hydrogens (tertiary/aromatic N) is 4. The Labute approximate surface area is 431 Å². The number of fused-ring (bicyclic) bond motifs is 4. The predicted molar refractivity (Wildman–Crippen MR) is 291 cm³/mol. The van der Waals surface area contributed by atoms with Crippen LogP contribution in [0.15, 0.2) is 164 Å². The molecule has 70 heavy (non-hydrogen) atoms. The summed E-state index contributed by atoms with van der Waals surface area (Å²) < 4.78 is 9.14. The normalized spacial score (nSPS) is 13.0. The van der Waals surface area contributed by atoms with E-state index in [2.05, 4.69) is 261 Å². The number of para-hydroxylation sites is 1. The van der Waals surface area contributed by atoms with E-state index in [1.165, 1.54) is 33.4 Å². The quantitative estimate of drug-likeness (QED) is 0.142. The van der Waals surface area contributed by atoms with Gasteiger partial charge < -0.3 is 26.5 Å². The Morgan fingerprint density at radius 1 is 0.486 bits per heavy atom. The smallest absolute Gasteiger partial charge is 0.509 e. The van der Waals surface area contributed by atoms with Gasteiger partial charge in [0.25, 0.3) is 0 Å². The van der Waals surface area contributed by atoms with E-state index in [-0.39, 0.29) is 50.2 Å². The van der Waals surface area contributed by atoms with Gasteiger partial charge in [-0.1, -0.05) is 173 Å². The van der Waals surface area contributed by atoms with Gasteiger partial charge in [-0.15, -0.1) is 53.6 Å². The van der Waals surface area contributed by atoms with E-state index in [0.29, 0.717) is 11.5 Å². The van der Waals surface area contributed by atoms with Gasteiger partial charge in [-0.05, 0) is 97.5 Å². The van der Waals surface area contributed by atoms with Gasteiger partial charge in [0, 0.05) is 45.7 Å². The average Bonchev–Trinajstić information content (AvgIpc) is 3.87. The molecular weight excluding hydrogens is 1040 g/mol. The van der Waals surface area contributed by atoms with Gasteiger partial charge in [-0.2, -0.15) is 6.07 Å². The fraction of sp³-hybridized carbons (Fsp3) is 0.234. The van der Waals surface area contributed by atoms with Crippen molar-refractivity contribution in [3.8, 4) is 28.4 Å². The van der Waals surface area contributed by atoms with Crippen molar-refractivity contribution in [1.29, 1.82) is 0 Å². The summed E-state index contributed by atoms with van der Waals surface area (Å²) in [6.07, 6.45) is 1.91. The minimum Gasteiger partial charge on any atom is -0.509 e. The molecule has 10 rings (SSSR count). The Balaban J connectivity index is 0.00000329. The van der Waals surface area contributed by atoms with Crippen molar-refractivity contribution in [2.75, 3.05) is 9.80 Å². The van der Waals surface area contributed by atoms with Crippen LogP contribution >= 0.6 is 0 Å². The Morgan fingerprint density at radius 3 is 1.84 bits per heavy atom. The molecule has 3 heterocycles. The predicted octanol–water partition coefficient (Wildman–Crippen LogP) is 17.3. The van der Waals surface area contributed by atoms with Crippen molar-refractivity contribution in [3.63, 3.8) is 0 Å². The van der Waals surface area contributed by atoms with Crippen LogP contribution in [0.25, 0.3) is 38.8 Å². The Bertz CT molecular complexity index is 3330. The summed E-state index contributed by atoms with van der Waals surface area (Å²) in [6.45, 7) is 27.2. The third-order valence-electron chi connectivity index (χ3n) is 13.7. The minimum atomic E-state index is -0.262. The zero-order valence-corrected chi connectivity index (χ0v) is 45.0. The third-order valence-corrected chi connectivity index (χ3v) is 13.7. The van der Waals surface area contributed by atoms with E-state index in [9.17, 15) is 0 Å². The molecule has 0 aliphatic carbocycles. The summed E-state index contributed by atoms with van der Waals surface area (Å²) in [4.78, 5) is 9.55. The van der Waals surface area contributed by atoms with Gasteiger partial charge in [0.05, 0.1) is 0 Å². The van der Waals surface area contributed by atoms with Crippen LogP contribution in [0, 0.1) is 26.2 Å². The number of anilines is 4. The molecule has 1 aliphatic rings. The molecule has 0 bridgehead atoms. The fourth-order valence-corrected chi connectivity index (χ4v) is 9.40. The molecule has 0 radical (unpaired) electrons. The second-order valence-electron chi connectivity index (χ2n) is 22.0. The molecule has 2 aromatic heterocycles. The second-order valence-corrected chi connectivity index (χ2v) is 22.0.